The number of aliphatic hydroxyl groups is 2. The Balaban J connectivity index is 2.46. The van der Waals surface area contributed by atoms with Crippen molar-refractivity contribution < 1.29 is 10.2 Å². The fourth-order valence-corrected chi connectivity index (χ4v) is 2.74. The molecular weight excluding hydrogens is 320 g/mol. The van der Waals surface area contributed by atoms with Gasteiger partial charge in [-0.1, -0.05) is 38.5 Å². The zero-order valence-corrected chi connectivity index (χ0v) is 15.2. The predicted molar refractivity (Wildman–Crippen MR) is 101 cm³/mol. The van der Waals surface area contributed by atoms with Crippen LogP contribution in [0.1, 0.15) is 64.2 Å². The van der Waals surface area contributed by atoms with Crippen LogP contribution in [0.25, 0.3) is 0 Å². The molecular formula is C17H34N6O2. The molecule has 0 aliphatic carbocycles. The van der Waals surface area contributed by atoms with Crippen LogP contribution in [0.2, 0.25) is 0 Å². The van der Waals surface area contributed by atoms with Crippen LogP contribution >= 0.6 is 0 Å². The summed E-state index contributed by atoms with van der Waals surface area (Å²) in [6, 6.07) is 0. The molecule has 0 aliphatic heterocycles. The van der Waals surface area contributed by atoms with Crippen LogP contribution in [-0.4, -0.2) is 51.5 Å². The first-order chi connectivity index (χ1) is 12.2. The summed E-state index contributed by atoms with van der Waals surface area (Å²) in [6.45, 7) is 2.26. The SMILES string of the molecule is Nc1nc(N)nc(N(CCCCCCCO)CCCCCCCO)n1. The number of anilines is 3. The van der Waals surface area contributed by atoms with Gasteiger partial charge in [0.15, 0.2) is 0 Å². The normalized spacial score (nSPS) is 11.0. The summed E-state index contributed by atoms with van der Waals surface area (Å²) >= 11 is 0. The number of hydrogen-bond acceptors (Lipinski definition) is 8. The summed E-state index contributed by atoms with van der Waals surface area (Å²) in [5.74, 6) is 0.854. The first-order valence-corrected chi connectivity index (χ1v) is 9.41. The quantitative estimate of drug-likeness (QED) is 0.350. The number of hydrogen-bond donors (Lipinski definition) is 4. The van der Waals surface area contributed by atoms with Crippen LogP contribution < -0.4 is 16.4 Å². The summed E-state index contributed by atoms with van der Waals surface area (Å²) in [4.78, 5) is 14.4. The molecule has 8 heteroatoms. The molecule has 0 bridgehead atoms. The van der Waals surface area contributed by atoms with Crippen molar-refractivity contribution in [3.8, 4) is 0 Å². The molecule has 0 fully saturated rings. The number of unbranched alkanes of at least 4 members (excludes halogenated alkanes) is 8. The van der Waals surface area contributed by atoms with Crippen molar-refractivity contribution in [2.45, 2.75) is 64.2 Å². The van der Waals surface area contributed by atoms with E-state index in [1.165, 1.54) is 0 Å². The zero-order chi connectivity index (χ0) is 18.3. The van der Waals surface area contributed by atoms with E-state index in [-0.39, 0.29) is 25.1 Å². The van der Waals surface area contributed by atoms with E-state index in [1.54, 1.807) is 0 Å². The van der Waals surface area contributed by atoms with E-state index < -0.39 is 0 Å². The van der Waals surface area contributed by atoms with Gasteiger partial charge >= 0.3 is 0 Å². The monoisotopic (exact) mass is 354 g/mol. The lowest BCUT2D eigenvalue weighted by Gasteiger charge is -2.23. The van der Waals surface area contributed by atoms with Crippen LogP contribution in [0.5, 0.6) is 0 Å². The molecule has 0 amide bonds. The number of nitrogens with two attached hydrogens (primary N) is 2. The molecule has 0 aliphatic rings. The smallest absolute Gasteiger partial charge is 0.231 e. The first-order valence-electron chi connectivity index (χ1n) is 9.41. The fourth-order valence-electron chi connectivity index (χ4n) is 2.74. The van der Waals surface area contributed by atoms with E-state index in [4.69, 9.17) is 21.7 Å². The second-order valence-corrected chi connectivity index (χ2v) is 6.32. The van der Waals surface area contributed by atoms with Gasteiger partial charge in [0.2, 0.25) is 17.8 Å². The summed E-state index contributed by atoms with van der Waals surface area (Å²) in [7, 11) is 0. The van der Waals surface area contributed by atoms with Gasteiger partial charge in [0.25, 0.3) is 0 Å². The highest BCUT2D eigenvalue weighted by molar-refractivity contribution is 5.39. The van der Waals surface area contributed by atoms with Crippen LogP contribution in [0, 0.1) is 0 Å². The number of aromatic nitrogens is 3. The molecule has 1 aromatic rings. The van der Waals surface area contributed by atoms with Gasteiger partial charge in [0.05, 0.1) is 0 Å². The Labute approximate surface area is 150 Å². The van der Waals surface area contributed by atoms with Crippen LogP contribution in [0.3, 0.4) is 0 Å². The van der Waals surface area contributed by atoms with Crippen LogP contribution in [-0.2, 0) is 0 Å². The minimum Gasteiger partial charge on any atom is -0.396 e. The third kappa shape index (κ3) is 10.0. The highest BCUT2D eigenvalue weighted by Crippen LogP contribution is 2.14. The third-order valence-corrected chi connectivity index (χ3v) is 4.11. The molecule has 144 valence electrons. The van der Waals surface area contributed by atoms with Gasteiger partial charge < -0.3 is 26.6 Å². The number of rotatable bonds is 15. The second-order valence-electron chi connectivity index (χ2n) is 6.32. The number of nitrogens with zero attached hydrogens (tertiary/aromatic N) is 4. The standard InChI is InChI=1S/C17H34N6O2/c18-15-20-16(19)22-17(21-15)23(11-7-3-1-5-9-13-24)12-8-4-2-6-10-14-25/h24-25H,1-14H2,(H4,18,19,20,21,22). The molecule has 1 rings (SSSR count). The second kappa shape index (κ2) is 13.6. The van der Waals surface area contributed by atoms with Gasteiger partial charge in [0.1, 0.15) is 0 Å². The Morgan fingerprint density at radius 3 is 1.44 bits per heavy atom. The summed E-state index contributed by atoms with van der Waals surface area (Å²) < 4.78 is 0. The van der Waals surface area contributed by atoms with Crippen LogP contribution in [0.4, 0.5) is 17.8 Å². The molecule has 8 nitrogen and oxygen atoms in total. The molecule has 0 unspecified atom stereocenters. The Morgan fingerprint density at radius 1 is 0.600 bits per heavy atom. The Hall–Kier alpha value is -1.67. The summed E-state index contributed by atoms with van der Waals surface area (Å²) in [5, 5.41) is 17.6. The third-order valence-electron chi connectivity index (χ3n) is 4.11. The lowest BCUT2D eigenvalue weighted by atomic mass is 10.1. The van der Waals surface area contributed by atoms with Gasteiger partial charge in [-0.2, -0.15) is 15.0 Å². The van der Waals surface area contributed by atoms with Crippen molar-refractivity contribution in [2.24, 2.45) is 0 Å². The minimum atomic E-state index is 0.151. The molecule has 6 N–H and O–H groups in total. The van der Waals surface area contributed by atoms with E-state index in [0.29, 0.717) is 5.95 Å². The van der Waals surface area contributed by atoms with Gasteiger partial charge in [0, 0.05) is 26.3 Å². The van der Waals surface area contributed by atoms with Crippen molar-refractivity contribution in [2.75, 3.05) is 42.7 Å². The zero-order valence-electron chi connectivity index (χ0n) is 15.2. The van der Waals surface area contributed by atoms with Gasteiger partial charge in [-0.15, -0.1) is 0 Å². The van der Waals surface area contributed by atoms with Gasteiger partial charge in [-0.25, -0.2) is 0 Å². The van der Waals surface area contributed by atoms with Crippen molar-refractivity contribution in [3.63, 3.8) is 0 Å². The van der Waals surface area contributed by atoms with Crippen molar-refractivity contribution in [1.29, 1.82) is 0 Å². The topological polar surface area (TPSA) is 134 Å². The highest BCUT2D eigenvalue weighted by Gasteiger charge is 2.11. The van der Waals surface area contributed by atoms with Crippen molar-refractivity contribution >= 4 is 17.8 Å². The number of aliphatic hydroxyl groups excluding tert-OH is 2. The Morgan fingerprint density at radius 2 is 1.00 bits per heavy atom. The number of nitrogen functional groups attached to an aromatic ring is 2. The molecule has 0 radical (unpaired) electrons. The van der Waals surface area contributed by atoms with E-state index in [1.807, 2.05) is 0 Å². The van der Waals surface area contributed by atoms with Crippen LogP contribution in [0.15, 0.2) is 0 Å². The van der Waals surface area contributed by atoms with Gasteiger partial charge in [-0.3, -0.25) is 0 Å². The largest absolute Gasteiger partial charge is 0.396 e. The van der Waals surface area contributed by atoms with Crippen molar-refractivity contribution in [1.82, 2.24) is 15.0 Å². The molecule has 0 aromatic carbocycles. The summed E-state index contributed by atoms with van der Waals surface area (Å²) in [5.41, 5.74) is 11.4. The molecule has 0 saturated heterocycles. The van der Waals surface area contributed by atoms with E-state index >= 15 is 0 Å². The first kappa shape index (κ1) is 21.4. The average molecular weight is 354 g/mol. The average Bonchev–Trinajstić information content (AvgIpc) is 2.58. The lowest BCUT2D eigenvalue weighted by molar-refractivity contribution is 0.282. The molecule has 1 aromatic heterocycles. The van der Waals surface area contributed by atoms with Crippen molar-refractivity contribution in [3.05, 3.63) is 0 Å². The minimum absolute atomic E-state index is 0.151. The predicted octanol–water partition coefficient (Wildman–Crippen LogP) is 1.73. The van der Waals surface area contributed by atoms with E-state index in [2.05, 4.69) is 19.9 Å². The fraction of sp³-hybridized carbons (Fsp3) is 0.824. The molecule has 25 heavy (non-hydrogen) atoms. The summed E-state index contributed by atoms with van der Waals surface area (Å²) in [6.07, 6.45) is 10.4. The maximum absolute atomic E-state index is 8.82. The Bertz CT molecular complexity index is 425. The highest BCUT2D eigenvalue weighted by atomic mass is 16.3. The molecule has 0 atom stereocenters. The van der Waals surface area contributed by atoms with Gasteiger partial charge in [-0.05, 0) is 25.7 Å². The van der Waals surface area contributed by atoms with E-state index in [0.717, 1.165) is 77.3 Å². The van der Waals surface area contributed by atoms with E-state index in [9.17, 15) is 0 Å². The maximum Gasteiger partial charge on any atom is 0.231 e. The Kier molecular flexibility index (Phi) is 11.6. The molecule has 0 spiro atoms. The maximum atomic E-state index is 8.82. The molecule has 0 saturated carbocycles. The lowest BCUT2D eigenvalue weighted by Crippen LogP contribution is -2.28. The molecule has 1 heterocycles.